The van der Waals surface area contributed by atoms with Crippen molar-refractivity contribution < 1.29 is 0 Å². The third kappa shape index (κ3) is 5.14. The molecule has 2 aromatic rings. The van der Waals surface area contributed by atoms with Gasteiger partial charge in [-0.05, 0) is 61.4 Å². The van der Waals surface area contributed by atoms with E-state index in [-0.39, 0.29) is 0 Å². The fourth-order valence-electron chi connectivity index (χ4n) is 3.18. The fraction of sp³-hybridized carbons (Fsp3) is 0.478. The first kappa shape index (κ1) is 17.6. The second-order valence-electron chi connectivity index (χ2n) is 6.57. The monoisotopic (exact) mass is 306 g/mol. The first-order valence-corrected chi connectivity index (χ1v) is 9.27. The SMILES string of the molecule is CCCCCc1c#cccc1-c1ccc(C)cc1CCCCC. The van der Waals surface area contributed by atoms with Crippen LogP contribution in [0.25, 0.3) is 11.1 Å². The molecule has 23 heavy (non-hydrogen) atoms. The molecular formula is C23H30. The van der Waals surface area contributed by atoms with E-state index in [0.717, 1.165) is 6.42 Å². The summed E-state index contributed by atoms with van der Waals surface area (Å²) in [5, 5.41) is 0. The minimum atomic E-state index is 1.11. The number of hydrogen-bond acceptors (Lipinski definition) is 0. The third-order valence-corrected chi connectivity index (χ3v) is 4.51. The molecule has 0 aliphatic carbocycles. The molecule has 0 nitrogen and oxygen atoms in total. The van der Waals surface area contributed by atoms with Crippen molar-refractivity contribution in [3.8, 4) is 11.1 Å². The molecule has 0 aliphatic heterocycles. The maximum Gasteiger partial charge on any atom is 0.0102 e. The van der Waals surface area contributed by atoms with Gasteiger partial charge in [-0.25, -0.2) is 0 Å². The lowest BCUT2D eigenvalue weighted by Crippen LogP contribution is -1.96. The highest BCUT2D eigenvalue weighted by Gasteiger charge is 2.09. The molecule has 122 valence electrons. The van der Waals surface area contributed by atoms with Gasteiger partial charge in [0, 0.05) is 5.56 Å². The maximum atomic E-state index is 3.38. The van der Waals surface area contributed by atoms with Crippen molar-refractivity contribution in [2.24, 2.45) is 0 Å². The number of rotatable bonds is 9. The first-order valence-electron chi connectivity index (χ1n) is 9.27. The van der Waals surface area contributed by atoms with Crippen LogP contribution in [0, 0.1) is 19.1 Å². The van der Waals surface area contributed by atoms with E-state index in [0.29, 0.717) is 0 Å². The Kier molecular flexibility index (Phi) is 7.21. The van der Waals surface area contributed by atoms with Crippen molar-refractivity contribution >= 4 is 0 Å². The molecule has 0 aromatic heterocycles. The van der Waals surface area contributed by atoms with E-state index in [1.165, 1.54) is 72.8 Å². The Labute approximate surface area is 143 Å². The van der Waals surface area contributed by atoms with Crippen molar-refractivity contribution in [1.29, 1.82) is 0 Å². The van der Waals surface area contributed by atoms with Crippen molar-refractivity contribution in [2.75, 3.05) is 0 Å². The van der Waals surface area contributed by atoms with Crippen molar-refractivity contribution in [2.45, 2.75) is 72.1 Å². The molecule has 0 amide bonds. The van der Waals surface area contributed by atoms with Crippen LogP contribution in [0.5, 0.6) is 0 Å². The summed E-state index contributed by atoms with van der Waals surface area (Å²) in [6, 6.07) is 17.7. The summed E-state index contributed by atoms with van der Waals surface area (Å²) < 4.78 is 0. The van der Waals surface area contributed by atoms with E-state index in [4.69, 9.17) is 0 Å². The van der Waals surface area contributed by atoms with E-state index in [1.54, 1.807) is 0 Å². The first-order chi connectivity index (χ1) is 11.3. The van der Waals surface area contributed by atoms with Gasteiger partial charge in [-0.3, -0.25) is 0 Å². The molecule has 0 unspecified atom stereocenters. The summed E-state index contributed by atoms with van der Waals surface area (Å²) in [5.41, 5.74) is 6.96. The van der Waals surface area contributed by atoms with Gasteiger partial charge in [0.25, 0.3) is 0 Å². The Morgan fingerprint density at radius 1 is 0.826 bits per heavy atom. The summed E-state index contributed by atoms with van der Waals surface area (Å²) in [6.45, 7) is 6.72. The van der Waals surface area contributed by atoms with Crippen LogP contribution in [0.15, 0.2) is 30.3 Å². The van der Waals surface area contributed by atoms with Crippen LogP contribution in [-0.2, 0) is 12.8 Å². The summed E-state index contributed by atoms with van der Waals surface area (Å²) in [4.78, 5) is 0. The highest BCUT2D eigenvalue weighted by molar-refractivity contribution is 5.70. The number of hydrogen-bond donors (Lipinski definition) is 0. The number of unbranched alkanes of at least 4 members (excludes halogenated alkanes) is 4. The number of benzene rings is 1. The van der Waals surface area contributed by atoms with Crippen LogP contribution in [0.4, 0.5) is 0 Å². The van der Waals surface area contributed by atoms with Gasteiger partial charge in [-0.15, -0.1) is 0 Å². The van der Waals surface area contributed by atoms with Gasteiger partial charge in [-0.2, -0.15) is 0 Å². The summed E-state index contributed by atoms with van der Waals surface area (Å²) in [5.74, 6) is 0. The van der Waals surface area contributed by atoms with Gasteiger partial charge in [-0.1, -0.05) is 75.4 Å². The Morgan fingerprint density at radius 2 is 1.57 bits per heavy atom. The molecule has 0 heterocycles. The quantitative estimate of drug-likeness (QED) is 0.451. The second-order valence-corrected chi connectivity index (χ2v) is 6.57. The molecule has 0 atom stereocenters. The third-order valence-electron chi connectivity index (χ3n) is 4.51. The second kappa shape index (κ2) is 9.41. The van der Waals surface area contributed by atoms with Gasteiger partial charge in [0.05, 0.1) is 0 Å². The minimum absolute atomic E-state index is 1.11. The molecular weight excluding hydrogens is 276 g/mol. The average Bonchev–Trinajstić information content (AvgIpc) is 2.56. The number of aryl methyl sites for hydroxylation is 2. The molecule has 0 bridgehead atoms. The molecule has 0 N–H and O–H groups in total. The topological polar surface area (TPSA) is 0 Å². The molecule has 0 saturated carbocycles. The highest BCUT2D eigenvalue weighted by Crippen LogP contribution is 2.29. The molecule has 0 aliphatic rings. The molecule has 0 radical (unpaired) electrons. The van der Waals surface area contributed by atoms with Gasteiger partial charge in [0.2, 0.25) is 0 Å². The van der Waals surface area contributed by atoms with E-state index in [1.807, 2.05) is 6.07 Å². The van der Waals surface area contributed by atoms with Gasteiger partial charge in [0.1, 0.15) is 0 Å². The smallest absolute Gasteiger partial charge is 0.0102 e. The highest BCUT2D eigenvalue weighted by atomic mass is 14.1. The van der Waals surface area contributed by atoms with Crippen LogP contribution >= 0.6 is 0 Å². The molecule has 0 saturated heterocycles. The van der Waals surface area contributed by atoms with Crippen LogP contribution in [0.2, 0.25) is 0 Å². The Bertz CT molecular complexity index is 595. The molecule has 0 spiro atoms. The van der Waals surface area contributed by atoms with E-state index < -0.39 is 0 Å². The van der Waals surface area contributed by atoms with Crippen molar-refractivity contribution in [1.82, 2.24) is 0 Å². The Balaban J connectivity index is 2.29. The standard InChI is InChI=1S/C23H30/c1-4-6-8-12-20-13-10-11-15-22(20)23-17-16-19(3)18-21(23)14-9-7-5-2/h11,15-18H,4-9,12,14H2,1-3H3. The summed E-state index contributed by atoms with van der Waals surface area (Å²) in [7, 11) is 0. The largest absolute Gasteiger partial charge is 0.0699 e. The van der Waals surface area contributed by atoms with E-state index >= 15 is 0 Å². The van der Waals surface area contributed by atoms with Crippen LogP contribution in [0.3, 0.4) is 0 Å². The van der Waals surface area contributed by atoms with Crippen LogP contribution in [-0.4, -0.2) is 0 Å². The molecule has 0 heteroatoms. The van der Waals surface area contributed by atoms with Gasteiger partial charge in [0.15, 0.2) is 0 Å². The van der Waals surface area contributed by atoms with Crippen LogP contribution < -0.4 is 0 Å². The van der Waals surface area contributed by atoms with Gasteiger partial charge < -0.3 is 0 Å². The zero-order valence-corrected chi connectivity index (χ0v) is 15.0. The van der Waals surface area contributed by atoms with Crippen molar-refractivity contribution in [3.63, 3.8) is 0 Å². The molecule has 2 aromatic carbocycles. The zero-order chi connectivity index (χ0) is 16.5. The Morgan fingerprint density at radius 3 is 2.30 bits per heavy atom. The van der Waals surface area contributed by atoms with Gasteiger partial charge >= 0.3 is 0 Å². The maximum absolute atomic E-state index is 3.38. The zero-order valence-electron chi connectivity index (χ0n) is 15.0. The predicted octanol–water partition coefficient (Wildman–Crippen LogP) is 6.73. The lowest BCUT2D eigenvalue weighted by atomic mass is 9.91. The van der Waals surface area contributed by atoms with Crippen molar-refractivity contribution in [3.05, 3.63) is 59.2 Å². The normalized spacial score (nSPS) is 10.6. The molecule has 0 fully saturated rings. The fourth-order valence-corrected chi connectivity index (χ4v) is 3.18. The van der Waals surface area contributed by atoms with E-state index in [9.17, 15) is 0 Å². The Hall–Kier alpha value is -1.74. The lowest BCUT2D eigenvalue weighted by molar-refractivity contribution is 0.715. The lowest BCUT2D eigenvalue weighted by Gasteiger charge is -2.13. The molecule has 2 rings (SSSR count). The summed E-state index contributed by atoms with van der Waals surface area (Å²) >= 11 is 0. The predicted molar refractivity (Wildman–Crippen MR) is 101 cm³/mol. The average molecular weight is 306 g/mol. The van der Waals surface area contributed by atoms with E-state index in [2.05, 4.69) is 57.2 Å². The van der Waals surface area contributed by atoms with Crippen LogP contribution in [0.1, 0.15) is 69.1 Å². The minimum Gasteiger partial charge on any atom is -0.0699 e. The summed E-state index contributed by atoms with van der Waals surface area (Å²) in [6.07, 6.45) is 9.96.